The minimum atomic E-state index is -0.326. The second kappa shape index (κ2) is 8.88. The van der Waals surface area contributed by atoms with Gasteiger partial charge in [0.1, 0.15) is 5.75 Å². The van der Waals surface area contributed by atoms with Gasteiger partial charge in [0.2, 0.25) is 12.4 Å². The summed E-state index contributed by atoms with van der Waals surface area (Å²) in [6, 6.07) is 12.6. The summed E-state index contributed by atoms with van der Waals surface area (Å²) in [5, 5.41) is 18.4. The Hall–Kier alpha value is -3.58. The van der Waals surface area contributed by atoms with E-state index in [1.807, 2.05) is 44.2 Å². The first-order valence-corrected chi connectivity index (χ1v) is 10.6. The number of hydrogen-bond acceptors (Lipinski definition) is 4. The molecule has 0 unspecified atom stereocenters. The molecule has 7 nitrogen and oxygen atoms in total. The summed E-state index contributed by atoms with van der Waals surface area (Å²) >= 11 is 6.16. The molecule has 2 N–H and O–H groups in total. The van der Waals surface area contributed by atoms with Gasteiger partial charge in [0, 0.05) is 27.9 Å². The molecule has 0 saturated carbocycles. The van der Waals surface area contributed by atoms with Gasteiger partial charge >= 0.3 is 0 Å². The molecular formula is C24H24ClN4O3+. The third-order valence-corrected chi connectivity index (χ3v) is 5.75. The number of nitrogens with one attached hydrogen (secondary N) is 1. The minimum absolute atomic E-state index is 0.169. The number of hydrogen-bond donors (Lipinski definition) is 2. The lowest BCUT2D eigenvalue weighted by atomic mass is 10.0. The Bertz CT molecular complexity index is 1290. The van der Waals surface area contributed by atoms with Crippen molar-refractivity contribution >= 4 is 28.4 Å². The van der Waals surface area contributed by atoms with E-state index in [1.165, 1.54) is 0 Å². The number of aromatic nitrogens is 3. The summed E-state index contributed by atoms with van der Waals surface area (Å²) in [7, 11) is 1.73. The molecule has 1 amide bonds. The average molecular weight is 452 g/mol. The van der Waals surface area contributed by atoms with E-state index in [9.17, 15) is 10.0 Å². The Morgan fingerprint density at radius 1 is 1.28 bits per heavy atom. The van der Waals surface area contributed by atoms with Crippen LogP contribution in [0.25, 0.3) is 22.0 Å². The fourth-order valence-electron chi connectivity index (χ4n) is 3.74. The summed E-state index contributed by atoms with van der Waals surface area (Å²) in [6.45, 7) is 4.27. The fourth-order valence-corrected chi connectivity index (χ4v) is 3.93. The van der Waals surface area contributed by atoms with Crippen molar-refractivity contribution in [1.82, 2.24) is 15.1 Å². The third kappa shape index (κ3) is 4.11. The molecule has 0 radical (unpaired) electrons. The molecule has 0 spiro atoms. The van der Waals surface area contributed by atoms with E-state index in [4.69, 9.17) is 16.3 Å². The van der Waals surface area contributed by atoms with Crippen LogP contribution in [-0.2, 0) is 0 Å². The molecule has 164 valence electrons. The van der Waals surface area contributed by atoms with Gasteiger partial charge in [0.25, 0.3) is 5.91 Å². The van der Waals surface area contributed by atoms with Crippen molar-refractivity contribution in [2.45, 2.75) is 19.9 Å². The number of rotatable bonds is 6. The number of fused-ring (bicyclic) bond motifs is 1. The highest BCUT2D eigenvalue weighted by molar-refractivity contribution is 6.30. The third-order valence-electron chi connectivity index (χ3n) is 5.52. The maximum Gasteiger partial charge on any atom is 0.254 e. The molecule has 8 heteroatoms. The van der Waals surface area contributed by atoms with Crippen LogP contribution < -0.4 is 9.47 Å². The summed E-state index contributed by atoms with van der Waals surface area (Å²) in [6.07, 6.45) is 4.76. The predicted molar refractivity (Wildman–Crippen MR) is 122 cm³/mol. The van der Waals surface area contributed by atoms with Crippen LogP contribution in [0.4, 0.5) is 0 Å². The van der Waals surface area contributed by atoms with Crippen molar-refractivity contribution in [3.63, 3.8) is 0 Å². The number of pyridine rings is 1. The molecule has 0 bridgehead atoms. The van der Waals surface area contributed by atoms with Crippen LogP contribution >= 0.6 is 11.6 Å². The van der Waals surface area contributed by atoms with E-state index < -0.39 is 0 Å². The average Bonchev–Trinajstić information content (AvgIpc) is 3.25. The maximum absolute atomic E-state index is 13.3. The van der Waals surface area contributed by atoms with Gasteiger partial charge in [-0.1, -0.05) is 23.7 Å². The van der Waals surface area contributed by atoms with E-state index in [0.29, 0.717) is 22.9 Å². The van der Waals surface area contributed by atoms with Gasteiger partial charge in [-0.3, -0.25) is 15.1 Å². The van der Waals surface area contributed by atoms with Crippen LogP contribution in [0.5, 0.6) is 5.75 Å². The number of aromatic amines is 1. The highest BCUT2D eigenvalue weighted by atomic mass is 35.5. The fraction of sp³-hybridized carbons (Fsp3) is 0.208. The first-order chi connectivity index (χ1) is 15.4. The lowest BCUT2D eigenvalue weighted by molar-refractivity contribution is -0.904. The summed E-state index contributed by atoms with van der Waals surface area (Å²) in [5.74, 6) is 0.447. The number of nitrogens with zero attached hydrogens (tertiary/aromatic N) is 3. The minimum Gasteiger partial charge on any atom is -0.493 e. The molecule has 1 atom stereocenters. The molecule has 0 saturated heterocycles. The summed E-state index contributed by atoms with van der Waals surface area (Å²) in [4.78, 5) is 15.0. The van der Waals surface area contributed by atoms with Crippen LogP contribution in [0.1, 0.15) is 35.8 Å². The predicted octanol–water partition coefficient (Wildman–Crippen LogP) is 4.64. The van der Waals surface area contributed by atoms with Crippen molar-refractivity contribution in [2.24, 2.45) is 0 Å². The van der Waals surface area contributed by atoms with Gasteiger partial charge in [0.05, 0.1) is 35.3 Å². The number of carbonyl (C=O) groups excluding carboxylic acids is 1. The Morgan fingerprint density at radius 3 is 2.84 bits per heavy atom. The van der Waals surface area contributed by atoms with Crippen molar-refractivity contribution < 1.29 is 19.5 Å². The topological polar surface area (TPSA) is 82.3 Å². The molecule has 2 aromatic heterocycles. The largest absolute Gasteiger partial charge is 0.493 e. The molecule has 2 heterocycles. The Morgan fingerprint density at radius 2 is 2.09 bits per heavy atom. The second-order valence-electron chi connectivity index (χ2n) is 7.54. The van der Waals surface area contributed by atoms with Crippen LogP contribution in [0, 0.1) is 0 Å². The highest BCUT2D eigenvalue weighted by Gasteiger charge is 2.25. The van der Waals surface area contributed by atoms with E-state index >= 15 is 0 Å². The zero-order valence-corrected chi connectivity index (χ0v) is 18.8. The van der Waals surface area contributed by atoms with Gasteiger partial charge in [-0.2, -0.15) is 5.10 Å². The summed E-state index contributed by atoms with van der Waals surface area (Å²) in [5.41, 5.74) is 3.81. The van der Waals surface area contributed by atoms with Crippen molar-refractivity contribution in [3.05, 3.63) is 77.2 Å². The number of amides is 1. The van der Waals surface area contributed by atoms with Crippen LogP contribution in [0.2, 0.25) is 5.02 Å². The van der Waals surface area contributed by atoms with E-state index in [2.05, 4.69) is 10.2 Å². The zero-order valence-electron chi connectivity index (χ0n) is 18.0. The van der Waals surface area contributed by atoms with Gasteiger partial charge in [0.15, 0.2) is 0 Å². The smallest absolute Gasteiger partial charge is 0.254 e. The number of carbonyl (C=O) groups is 1. The van der Waals surface area contributed by atoms with E-state index in [-0.39, 0.29) is 11.9 Å². The van der Waals surface area contributed by atoms with Gasteiger partial charge in [-0.25, -0.2) is 0 Å². The van der Waals surface area contributed by atoms with E-state index in [0.717, 1.165) is 32.3 Å². The lowest BCUT2D eigenvalue weighted by Gasteiger charge is -2.25. The maximum atomic E-state index is 13.3. The Labute approximate surface area is 190 Å². The lowest BCUT2D eigenvalue weighted by Crippen LogP contribution is -2.34. The molecule has 0 aliphatic carbocycles. The van der Waals surface area contributed by atoms with Crippen LogP contribution in [0.15, 0.2) is 61.1 Å². The first-order valence-electron chi connectivity index (χ1n) is 10.3. The van der Waals surface area contributed by atoms with Crippen molar-refractivity contribution in [3.8, 4) is 16.9 Å². The number of halogens is 1. The molecule has 0 aliphatic rings. The quantitative estimate of drug-likeness (QED) is 0.330. The monoisotopic (exact) mass is 451 g/mol. The second-order valence-corrected chi connectivity index (χ2v) is 7.98. The van der Waals surface area contributed by atoms with Gasteiger partial charge < -0.3 is 9.64 Å². The Kier molecular flexibility index (Phi) is 6.01. The number of H-pyrrole nitrogens is 1. The van der Waals surface area contributed by atoms with Crippen molar-refractivity contribution in [1.29, 1.82) is 0 Å². The SMILES string of the molecule is CCOc1cc(C(=O)N(C)[C@@H](C)c2c[n+](O)cc3cn[nH]c23)ccc1-c1cccc(Cl)c1. The molecule has 0 aliphatic heterocycles. The molecule has 4 aromatic rings. The Balaban J connectivity index is 1.67. The zero-order chi connectivity index (χ0) is 22.8. The van der Waals surface area contributed by atoms with Gasteiger partial charge in [-0.05, 0) is 49.7 Å². The number of benzene rings is 2. The summed E-state index contributed by atoms with van der Waals surface area (Å²) < 4.78 is 6.83. The molecule has 2 aromatic carbocycles. The van der Waals surface area contributed by atoms with Crippen LogP contribution in [-0.4, -0.2) is 39.9 Å². The molecular weight excluding hydrogens is 428 g/mol. The first kappa shape index (κ1) is 21.6. The standard InChI is InChI=1S/C24H23ClN4O3/c1-4-32-22-11-17(8-9-20(22)16-6-5-7-19(25)10-16)24(30)28(3)15(2)21-14-29(31)13-18-12-26-27-23(18)21/h5-15,31H,4H2,1-3H3/p+1/t15-/m0/s1. The number of ether oxygens (including phenoxy) is 1. The molecule has 32 heavy (non-hydrogen) atoms. The van der Waals surface area contributed by atoms with E-state index in [1.54, 1.807) is 42.7 Å². The normalized spacial score (nSPS) is 12.0. The van der Waals surface area contributed by atoms with Crippen LogP contribution in [0.3, 0.4) is 0 Å². The van der Waals surface area contributed by atoms with Gasteiger partial charge in [-0.15, -0.1) is 0 Å². The van der Waals surface area contributed by atoms with Crippen molar-refractivity contribution in [2.75, 3.05) is 13.7 Å². The molecule has 4 rings (SSSR count). The highest BCUT2D eigenvalue weighted by Crippen LogP contribution is 2.33. The molecule has 0 fully saturated rings.